The van der Waals surface area contributed by atoms with Crippen LogP contribution in [0.15, 0.2) is 30.9 Å². The van der Waals surface area contributed by atoms with Gasteiger partial charge in [-0.3, -0.25) is 4.40 Å². The van der Waals surface area contributed by atoms with Crippen LogP contribution < -0.4 is 0 Å². The molecule has 0 spiro atoms. The highest BCUT2D eigenvalue weighted by Crippen LogP contribution is 2.39. The highest BCUT2D eigenvalue weighted by molar-refractivity contribution is 5.93. The van der Waals surface area contributed by atoms with Crippen molar-refractivity contribution in [3.63, 3.8) is 0 Å². The zero-order valence-electron chi connectivity index (χ0n) is 12.7. The van der Waals surface area contributed by atoms with Crippen LogP contribution in [0, 0.1) is 5.82 Å². The van der Waals surface area contributed by atoms with Crippen molar-refractivity contribution in [3.05, 3.63) is 48.2 Å². The van der Waals surface area contributed by atoms with Crippen LogP contribution in [0.2, 0.25) is 0 Å². The van der Waals surface area contributed by atoms with E-state index in [-0.39, 0.29) is 12.3 Å². The average molecular weight is 323 g/mol. The number of aromatic nitrogens is 5. The van der Waals surface area contributed by atoms with Crippen LogP contribution in [-0.2, 0) is 6.61 Å². The van der Waals surface area contributed by atoms with Crippen molar-refractivity contribution in [1.29, 1.82) is 0 Å². The summed E-state index contributed by atoms with van der Waals surface area (Å²) in [5.74, 6) is 0.916. The number of rotatable bonds is 3. The lowest BCUT2D eigenvalue weighted by atomic mass is 10.1. The molecule has 1 fully saturated rings. The molecule has 4 heterocycles. The van der Waals surface area contributed by atoms with E-state index in [0.29, 0.717) is 17.2 Å². The quantitative estimate of drug-likeness (QED) is 0.607. The van der Waals surface area contributed by atoms with Crippen molar-refractivity contribution in [2.24, 2.45) is 0 Å². The maximum absolute atomic E-state index is 14.4. The van der Waals surface area contributed by atoms with E-state index in [1.165, 1.54) is 12.3 Å². The van der Waals surface area contributed by atoms with Gasteiger partial charge in [-0.2, -0.15) is 0 Å². The van der Waals surface area contributed by atoms with Crippen LogP contribution in [0.4, 0.5) is 4.39 Å². The Morgan fingerprint density at radius 2 is 2.17 bits per heavy atom. The van der Waals surface area contributed by atoms with Gasteiger partial charge in [-0.05, 0) is 18.9 Å². The predicted molar refractivity (Wildman–Crippen MR) is 85.9 cm³/mol. The Labute approximate surface area is 136 Å². The molecule has 2 N–H and O–H groups in total. The van der Waals surface area contributed by atoms with E-state index in [1.54, 1.807) is 16.8 Å². The molecule has 0 bridgehead atoms. The van der Waals surface area contributed by atoms with Crippen molar-refractivity contribution < 1.29 is 9.50 Å². The van der Waals surface area contributed by atoms with Crippen molar-refractivity contribution in [3.8, 4) is 11.1 Å². The number of aliphatic hydroxyl groups excluding tert-OH is 1. The molecule has 6 nitrogen and oxygen atoms in total. The highest BCUT2D eigenvalue weighted by atomic mass is 19.1. The van der Waals surface area contributed by atoms with Gasteiger partial charge in [-0.25, -0.2) is 19.3 Å². The summed E-state index contributed by atoms with van der Waals surface area (Å²) in [5, 5.41) is 10.2. The molecule has 24 heavy (non-hydrogen) atoms. The van der Waals surface area contributed by atoms with Gasteiger partial charge in [0, 0.05) is 41.0 Å². The Kier molecular flexibility index (Phi) is 2.75. The molecule has 0 aliphatic heterocycles. The molecule has 0 atom stereocenters. The highest BCUT2D eigenvalue weighted by Gasteiger charge is 2.27. The number of H-pyrrole nitrogens is 1. The van der Waals surface area contributed by atoms with Crippen molar-refractivity contribution in [1.82, 2.24) is 24.3 Å². The third-order valence-corrected chi connectivity index (χ3v) is 4.50. The van der Waals surface area contributed by atoms with Crippen molar-refractivity contribution in [2.75, 3.05) is 0 Å². The fourth-order valence-corrected chi connectivity index (χ4v) is 3.06. The van der Waals surface area contributed by atoms with Gasteiger partial charge in [-0.15, -0.1) is 0 Å². The van der Waals surface area contributed by atoms with E-state index in [4.69, 9.17) is 0 Å². The van der Waals surface area contributed by atoms with Crippen LogP contribution in [-0.4, -0.2) is 29.4 Å². The zero-order valence-corrected chi connectivity index (χ0v) is 12.7. The predicted octanol–water partition coefficient (Wildman–Crippen LogP) is 2.78. The molecule has 4 aromatic rings. The molecule has 0 radical (unpaired) electrons. The summed E-state index contributed by atoms with van der Waals surface area (Å²) in [6.45, 7) is -0.203. The SMILES string of the molecule is OCc1cnc2c(F)cc(-c3c[nH]c4nc(C5CC5)ncc34)cn12. The second-order valence-corrected chi connectivity index (χ2v) is 6.15. The van der Waals surface area contributed by atoms with Crippen LogP contribution in [0.3, 0.4) is 0 Å². The van der Waals surface area contributed by atoms with E-state index in [0.717, 1.165) is 35.3 Å². The number of nitrogens with one attached hydrogen (secondary N) is 1. The third kappa shape index (κ3) is 1.94. The van der Waals surface area contributed by atoms with E-state index in [2.05, 4.69) is 19.9 Å². The standard InChI is InChI=1S/C17H14FN5O/c18-14-3-10(7-23-11(8-24)4-21-17(14)23)12-5-20-16-13(12)6-19-15(22-16)9-1-2-9/h3-7,9,24H,1-2,8H2,(H,19,20,22). The molecule has 4 aromatic heterocycles. The maximum Gasteiger partial charge on any atom is 0.173 e. The third-order valence-electron chi connectivity index (χ3n) is 4.50. The van der Waals surface area contributed by atoms with E-state index in [9.17, 15) is 9.50 Å². The van der Waals surface area contributed by atoms with Gasteiger partial charge in [0.1, 0.15) is 11.5 Å². The van der Waals surface area contributed by atoms with Gasteiger partial charge in [-0.1, -0.05) is 0 Å². The Morgan fingerprint density at radius 1 is 1.29 bits per heavy atom. The molecule has 120 valence electrons. The first-order valence-corrected chi connectivity index (χ1v) is 7.85. The molecule has 1 saturated carbocycles. The minimum absolute atomic E-state index is 0.203. The fraction of sp³-hybridized carbons (Fsp3) is 0.235. The van der Waals surface area contributed by atoms with Gasteiger partial charge in [0.2, 0.25) is 0 Å². The number of hydrogen-bond donors (Lipinski definition) is 2. The lowest BCUT2D eigenvalue weighted by molar-refractivity contribution is 0.276. The second kappa shape index (κ2) is 4.85. The summed E-state index contributed by atoms with van der Waals surface area (Å²) in [6, 6.07) is 1.45. The number of nitrogens with zero attached hydrogens (tertiary/aromatic N) is 4. The molecule has 0 unspecified atom stereocenters. The maximum atomic E-state index is 14.4. The number of aromatic amines is 1. The smallest absolute Gasteiger partial charge is 0.173 e. The molecular formula is C17H14FN5O. The second-order valence-electron chi connectivity index (χ2n) is 6.15. The van der Waals surface area contributed by atoms with Crippen LogP contribution in [0.25, 0.3) is 27.8 Å². The van der Waals surface area contributed by atoms with Crippen molar-refractivity contribution in [2.45, 2.75) is 25.4 Å². The van der Waals surface area contributed by atoms with E-state index < -0.39 is 5.82 Å². The largest absolute Gasteiger partial charge is 0.390 e. The Bertz CT molecular complexity index is 1080. The first kappa shape index (κ1) is 13.6. The Hall–Kier alpha value is -2.80. The number of pyridine rings is 1. The van der Waals surface area contributed by atoms with Gasteiger partial charge < -0.3 is 10.1 Å². The summed E-state index contributed by atoms with van der Waals surface area (Å²) in [5.41, 5.74) is 3.01. The van der Waals surface area contributed by atoms with E-state index >= 15 is 0 Å². The molecule has 0 saturated heterocycles. The monoisotopic (exact) mass is 323 g/mol. The van der Waals surface area contributed by atoms with Gasteiger partial charge in [0.15, 0.2) is 11.5 Å². The lowest BCUT2D eigenvalue weighted by Gasteiger charge is -2.05. The van der Waals surface area contributed by atoms with Gasteiger partial charge in [0.05, 0.1) is 18.5 Å². The molecule has 0 amide bonds. The van der Waals surface area contributed by atoms with Crippen LogP contribution in [0.1, 0.15) is 30.3 Å². The normalized spacial score (nSPS) is 14.8. The van der Waals surface area contributed by atoms with E-state index in [1.807, 2.05) is 6.20 Å². The van der Waals surface area contributed by atoms with Crippen LogP contribution >= 0.6 is 0 Å². The minimum atomic E-state index is -0.433. The first-order chi connectivity index (χ1) is 11.7. The molecule has 5 rings (SSSR count). The Morgan fingerprint density at radius 3 is 2.96 bits per heavy atom. The minimum Gasteiger partial charge on any atom is -0.390 e. The molecule has 7 heteroatoms. The topological polar surface area (TPSA) is 79.1 Å². The number of fused-ring (bicyclic) bond motifs is 2. The number of halogens is 1. The van der Waals surface area contributed by atoms with Crippen LogP contribution in [0.5, 0.6) is 0 Å². The van der Waals surface area contributed by atoms with Crippen molar-refractivity contribution >= 4 is 16.7 Å². The summed E-state index contributed by atoms with van der Waals surface area (Å²) in [7, 11) is 0. The van der Waals surface area contributed by atoms with Gasteiger partial charge >= 0.3 is 0 Å². The number of hydrogen-bond acceptors (Lipinski definition) is 4. The molecular weight excluding hydrogens is 309 g/mol. The summed E-state index contributed by atoms with van der Waals surface area (Å²) in [6.07, 6.45) is 9.14. The fourth-order valence-electron chi connectivity index (χ4n) is 3.06. The number of imidazole rings is 1. The molecule has 1 aliphatic carbocycles. The summed E-state index contributed by atoms with van der Waals surface area (Å²) < 4.78 is 15.9. The summed E-state index contributed by atoms with van der Waals surface area (Å²) >= 11 is 0. The molecule has 0 aromatic carbocycles. The lowest BCUT2D eigenvalue weighted by Crippen LogP contribution is -1.96. The molecule has 1 aliphatic rings. The number of aliphatic hydroxyl groups is 1. The summed E-state index contributed by atoms with van der Waals surface area (Å²) in [4.78, 5) is 16.2. The average Bonchev–Trinajstić information content (AvgIpc) is 3.22. The Balaban J connectivity index is 1.70. The first-order valence-electron chi connectivity index (χ1n) is 7.85. The zero-order chi connectivity index (χ0) is 16.3. The van der Waals surface area contributed by atoms with Gasteiger partial charge in [0.25, 0.3) is 0 Å².